The van der Waals surface area contributed by atoms with Crippen molar-refractivity contribution in [3.63, 3.8) is 0 Å². The first-order valence-corrected chi connectivity index (χ1v) is 5.51. The summed E-state index contributed by atoms with van der Waals surface area (Å²) in [6.07, 6.45) is 0. The molecule has 0 aliphatic carbocycles. The molecule has 84 valence electrons. The van der Waals surface area contributed by atoms with E-state index in [1.165, 1.54) is 0 Å². The highest BCUT2D eigenvalue weighted by Gasteiger charge is 2.15. The standard InChI is InChI=1S/C10H13N5S/c1-5(2)15-7(4)12-9-8(14-15)6(3)11-10(16)13-9/h5H,1-4H3. The summed E-state index contributed by atoms with van der Waals surface area (Å²) in [5.41, 5.74) is 1.49. The average molecular weight is 235 g/mol. The van der Waals surface area contributed by atoms with Gasteiger partial charge in [0.25, 0.3) is 0 Å². The fourth-order valence-electron chi connectivity index (χ4n) is 1.60. The van der Waals surface area contributed by atoms with E-state index >= 15 is 0 Å². The van der Waals surface area contributed by atoms with E-state index in [9.17, 15) is 0 Å². The molecule has 0 aromatic heterocycles. The van der Waals surface area contributed by atoms with Gasteiger partial charge in [-0.15, -0.1) is 0 Å². The van der Waals surface area contributed by atoms with E-state index in [4.69, 9.17) is 12.2 Å². The normalized spacial score (nSPS) is 11.3. The van der Waals surface area contributed by atoms with Crippen LogP contribution in [-0.2, 0) is 0 Å². The molecule has 2 heterocycles. The minimum absolute atomic E-state index is 0.263. The second-order valence-corrected chi connectivity index (χ2v) is 4.33. The third-order valence-electron chi connectivity index (χ3n) is 2.32. The molecule has 2 rings (SSSR count). The lowest BCUT2D eigenvalue weighted by molar-refractivity contribution is 0.491. The monoisotopic (exact) mass is 235 g/mol. The van der Waals surface area contributed by atoms with E-state index in [-0.39, 0.29) is 6.04 Å². The minimum atomic E-state index is 0.263. The Morgan fingerprint density at radius 1 is 1.12 bits per heavy atom. The highest BCUT2D eigenvalue weighted by Crippen LogP contribution is 2.18. The number of hydrogen-bond donors (Lipinski definition) is 0. The molecule has 0 bridgehead atoms. The SMILES string of the molecule is Cc1nc(=S)nc2nc(C)n(C(C)C)nc1-2. The van der Waals surface area contributed by atoms with Crippen LogP contribution in [0, 0.1) is 18.6 Å². The van der Waals surface area contributed by atoms with Crippen LogP contribution in [0.2, 0.25) is 0 Å². The molecule has 5 nitrogen and oxygen atoms in total. The number of fused-ring (bicyclic) bond motifs is 1. The first-order chi connectivity index (χ1) is 7.49. The van der Waals surface area contributed by atoms with Crippen LogP contribution in [0.15, 0.2) is 0 Å². The lowest BCUT2D eigenvalue weighted by Crippen LogP contribution is -2.16. The number of aryl methyl sites for hydroxylation is 2. The minimum Gasteiger partial charge on any atom is -0.249 e. The van der Waals surface area contributed by atoms with E-state index in [2.05, 4.69) is 33.9 Å². The molecule has 0 aromatic carbocycles. The Kier molecular flexibility index (Phi) is 2.67. The van der Waals surface area contributed by atoms with Crippen molar-refractivity contribution in [2.45, 2.75) is 33.7 Å². The maximum absolute atomic E-state index is 4.96. The molecular weight excluding hydrogens is 222 g/mol. The Balaban J connectivity index is 2.80. The van der Waals surface area contributed by atoms with Crippen LogP contribution in [0.25, 0.3) is 11.5 Å². The fourth-order valence-corrected chi connectivity index (χ4v) is 1.82. The molecule has 0 N–H and O–H groups in total. The molecule has 0 spiro atoms. The summed E-state index contributed by atoms with van der Waals surface area (Å²) in [6.45, 7) is 7.90. The van der Waals surface area contributed by atoms with E-state index in [0.29, 0.717) is 16.3 Å². The Labute approximate surface area is 98.9 Å². The maximum Gasteiger partial charge on any atom is 0.221 e. The molecule has 0 saturated carbocycles. The van der Waals surface area contributed by atoms with Crippen molar-refractivity contribution >= 4 is 12.2 Å². The van der Waals surface area contributed by atoms with E-state index in [1.54, 1.807) is 0 Å². The van der Waals surface area contributed by atoms with Crippen molar-refractivity contribution < 1.29 is 0 Å². The predicted octanol–water partition coefficient (Wildman–Crippen LogP) is 2.10. The highest BCUT2D eigenvalue weighted by atomic mass is 32.1. The lowest BCUT2D eigenvalue weighted by Gasteiger charge is -2.15. The van der Waals surface area contributed by atoms with E-state index < -0.39 is 0 Å². The van der Waals surface area contributed by atoms with Crippen molar-refractivity contribution in [3.8, 4) is 11.5 Å². The highest BCUT2D eigenvalue weighted by molar-refractivity contribution is 7.71. The molecular formula is C10H13N5S. The Morgan fingerprint density at radius 2 is 1.81 bits per heavy atom. The summed E-state index contributed by atoms with van der Waals surface area (Å²) in [6, 6.07) is 0.263. The fraction of sp³-hybridized carbons (Fsp3) is 0.500. The number of rotatable bonds is 1. The molecule has 2 aliphatic rings. The second-order valence-electron chi connectivity index (χ2n) is 3.96. The first kappa shape index (κ1) is 11.1. The summed E-state index contributed by atoms with van der Waals surface area (Å²) in [5, 5.41) is 4.50. The van der Waals surface area contributed by atoms with Gasteiger partial charge in [0.2, 0.25) is 4.77 Å². The van der Waals surface area contributed by atoms with Crippen LogP contribution in [0.5, 0.6) is 0 Å². The molecule has 0 unspecified atom stereocenters. The predicted molar refractivity (Wildman–Crippen MR) is 62.9 cm³/mol. The van der Waals surface area contributed by atoms with Crippen LogP contribution >= 0.6 is 12.2 Å². The first-order valence-electron chi connectivity index (χ1n) is 5.11. The number of aromatic nitrogens is 5. The summed E-state index contributed by atoms with van der Waals surface area (Å²) < 4.78 is 2.18. The lowest BCUT2D eigenvalue weighted by atomic mass is 10.3. The summed E-state index contributed by atoms with van der Waals surface area (Å²) in [4.78, 5) is 12.6. The van der Waals surface area contributed by atoms with E-state index in [1.807, 2.05) is 18.5 Å². The molecule has 0 fully saturated rings. The molecule has 0 saturated heterocycles. The molecule has 0 amide bonds. The Morgan fingerprint density at radius 3 is 2.44 bits per heavy atom. The van der Waals surface area contributed by atoms with Gasteiger partial charge in [-0.3, -0.25) is 0 Å². The Bertz CT molecular complexity index is 560. The van der Waals surface area contributed by atoms with Crippen molar-refractivity contribution in [1.82, 2.24) is 24.7 Å². The van der Waals surface area contributed by atoms with Crippen molar-refractivity contribution in [1.29, 1.82) is 0 Å². The van der Waals surface area contributed by atoms with Gasteiger partial charge in [-0.25, -0.2) is 14.6 Å². The third-order valence-corrected chi connectivity index (χ3v) is 2.50. The molecule has 0 aromatic rings. The van der Waals surface area contributed by atoms with Crippen LogP contribution in [0.4, 0.5) is 0 Å². The number of hydrogen-bond acceptors (Lipinski definition) is 5. The zero-order valence-electron chi connectivity index (χ0n) is 9.72. The van der Waals surface area contributed by atoms with Gasteiger partial charge >= 0.3 is 0 Å². The van der Waals surface area contributed by atoms with E-state index in [0.717, 1.165) is 11.5 Å². The van der Waals surface area contributed by atoms with Gasteiger partial charge in [-0.05, 0) is 39.9 Å². The molecule has 2 aliphatic heterocycles. The van der Waals surface area contributed by atoms with Crippen LogP contribution < -0.4 is 0 Å². The molecule has 0 radical (unpaired) electrons. The summed E-state index contributed by atoms with van der Waals surface area (Å²) in [7, 11) is 0. The summed E-state index contributed by atoms with van der Waals surface area (Å²) >= 11 is 4.96. The van der Waals surface area contributed by atoms with Gasteiger partial charge in [0.15, 0.2) is 5.82 Å². The molecule has 16 heavy (non-hydrogen) atoms. The van der Waals surface area contributed by atoms with Crippen molar-refractivity contribution in [2.75, 3.05) is 0 Å². The third kappa shape index (κ3) is 1.80. The zero-order valence-corrected chi connectivity index (χ0v) is 10.5. The second kappa shape index (κ2) is 3.86. The zero-order chi connectivity index (χ0) is 11.9. The maximum atomic E-state index is 4.96. The quantitative estimate of drug-likeness (QED) is 0.708. The van der Waals surface area contributed by atoms with Crippen LogP contribution in [-0.4, -0.2) is 24.7 Å². The van der Waals surface area contributed by atoms with Gasteiger partial charge in [0.05, 0.1) is 5.69 Å². The largest absolute Gasteiger partial charge is 0.249 e. The van der Waals surface area contributed by atoms with Crippen LogP contribution in [0.1, 0.15) is 31.4 Å². The molecule has 0 atom stereocenters. The van der Waals surface area contributed by atoms with Gasteiger partial charge in [0.1, 0.15) is 11.5 Å². The Hall–Kier alpha value is -1.43. The number of nitrogens with zero attached hydrogens (tertiary/aromatic N) is 5. The van der Waals surface area contributed by atoms with Gasteiger partial charge in [0, 0.05) is 6.04 Å². The van der Waals surface area contributed by atoms with Crippen molar-refractivity contribution in [2.24, 2.45) is 0 Å². The van der Waals surface area contributed by atoms with Gasteiger partial charge in [-0.1, -0.05) is 0 Å². The topological polar surface area (TPSA) is 56.5 Å². The summed E-state index contributed by atoms with van der Waals surface area (Å²) in [5.74, 6) is 1.40. The smallest absolute Gasteiger partial charge is 0.221 e. The van der Waals surface area contributed by atoms with Gasteiger partial charge < -0.3 is 0 Å². The van der Waals surface area contributed by atoms with Gasteiger partial charge in [-0.2, -0.15) is 10.1 Å². The average Bonchev–Trinajstić information content (AvgIpc) is 2.15. The molecule has 6 heteroatoms. The van der Waals surface area contributed by atoms with Crippen LogP contribution in [0.3, 0.4) is 0 Å². The van der Waals surface area contributed by atoms with Crippen molar-refractivity contribution in [3.05, 3.63) is 16.3 Å².